The molecule has 0 aliphatic carbocycles. The number of nitrogens with one attached hydrogen (secondary N) is 2. The molecule has 0 atom stereocenters. The average molecular weight is 381 g/mol. The summed E-state index contributed by atoms with van der Waals surface area (Å²) in [6, 6.07) is 5.73. The molecule has 0 radical (unpaired) electrons. The van der Waals surface area contributed by atoms with E-state index in [1.54, 1.807) is 27.8 Å². The molecular weight excluding hydrogens is 360 g/mol. The van der Waals surface area contributed by atoms with Gasteiger partial charge in [-0.3, -0.25) is 15.0 Å². The van der Waals surface area contributed by atoms with Gasteiger partial charge in [0, 0.05) is 24.9 Å². The van der Waals surface area contributed by atoms with Gasteiger partial charge in [-0.2, -0.15) is 0 Å². The van der Waals surface area contributed by atoms with Crippen molar-refractivity contribution in [3.05, 3.63) is 24.4 Å². The molecule has 1 rings (SSSR count). The monoisotopic (exact) mass is 380 g/mol. The second-order valence-corrected chi connectivity index (χ2v) is 6.54. The summed E-state index contributed by atoms with van der Waals surface area (Å²) >= 11 is 0. The fourth-order valence-electron chi connectivity index (χ4n) is 1.32. The van der Waals surface area contributed by atoms with Crippen LogP contribution in [0.5, 0.6) is 0 Å². The van der Waals surface area contributed by atoms with Gasteiger partial charge in [0.15, 0.2) is 0 Å². The third kappa shape index (κ3) is 12.1. The molecule has 0 spiro atoms. The summed E-state index contributed by atoms with van der Waals surface area (Å²) in [5.74, 6) is 5.35. The summed E-state index contributed by atoms with van der Waals surface area (Å²) in [5, 5.41) is 3.69. The Morgan fingerprint density at radius 3 is 2.74 bits per heavy atom. The molecule has 0 fully saturated rings. The van der Waals surface area contributed by atoms with E-state index in [2.05, 4.69) is 10.3 Å². The zero-order chi connectivity index (χ0) is 16.0. The second-order valence-electron chi connectivity index (χ2n) is 4.10. The lowest BCUT2D eigenvalue weighted by Gasteiger charge is -2.06. The molecule has 4 N–H and O–H groups in total. The molecule has 0 saturated carbocycles. The van der Waals surface area contributed by atoms with E-state index in [4.69, 9.17) is 10.6 Å². The number of ether oxygens (including phenoxy) is 1. The van der Waals surface area contributed by atoms with Gasteiger partial charge in [-0.25, -0.2) is 10.8 Å². The van der Waals surface area contributed by atoms with Crippen molar-refractivity contribution in [1.29, 1.82) is 0 Å². The number of hydrogen-bond donors (Lipinski definition) is 3. The van der Waals surface area contributed by atoms with Gasteiger partial charge in [-0.05, 0) is 22.9 Å². The predicted molar refractivity (Wildman–Crippen MR) is 95.2 cm³/mol. The van der Waals surface area contributed by atoms with E-state index in [9.17, 15) is 9.59 Å². The number of carbonyl (C=O) groups excluding carboxylic acids is 2. The molecule has 130 valence electrons. The van der Waals surface area contributed by atoms with Crippen molar-refractivity contribution in [2.45, 2.75) is 17.9 Å². The Morgan fingerprint density at radius 1 is 1.22 bits per heavy atom. The van der Waals surface area contributed by atoms with Crippen LogP contribution in [0.3, 0.4) is 0 Å². The summed E-state index contributed by atoms with van der Waals surface area (Å²) < 4.78 is 5.19. The van der Waals surface area contributed by atoms with Crippen LogP contribution < -0.4 is 16.6 Å². The molecule has 7 nitrogen and oxygen atoms in total. The van der Waals surface area contributed by atoms with Crippen LogP contribution in [0.4, 0.5) is 0 Å². The molecule has 2 amide bonds. The summed E-state index contributed by atoms with van der Waals surface area (Å²) in [4.78, 5) is 26.5. The van der Waals surface area contributed by atoms with Gasteiger partial charge in [0.25, 0.3) is 0 Å². The molecule has 0 aliphatic heterocycles. The maximum atomic E-state index is 11.6. The molecule has 1 heterocycles. The van der Waals surface area contributed by atoms with Crippen molar-refractivity contribution in [2.24, 2.45) is 5.84 Å². The number of carbonyl (C=O) groups is 2. The van der Waals surface area contributed by atoms with Crippen LogP contribution in [-0.2, 0) is 14.3 Å². The number of pyridine rings is 1. The maximum absolute atomic E-state index is 11.6. The number of hydrogen-bond acceptors (Lipinski definition) is 7. The van der Waals surface area contributed by atoms with Crippen molar-refractivity contribution in [2.75, 3.05) is 25.5 Å². The topological polar surface area (TPSA) is 106 Å². The van der Waals surface area contributed by atoms with Gasteiger partial charge in [0.05, 0.1) is 19.6 Å². The largest absolute Gasteiger partial charge is 0.379 e. The minimum absolute atomic E-state index is 0. The molecule has 0 saturated heterocycles. The summed E-state index contributed by atoms with van der Waals surface area (Å²) in [7, 11) is 3.15. The van der Waals surface area contributed by atoms with Gasteiger partial charge in [-0.1, -0.05) is 16.9 Å². The van der Waals surface area contributed by atoms with E-state index in [1.807, 2.05) is 23.6 Å². The SMILES string of the molecule is Cl.NNC(=O)CCOCCNC(=O)CCSSc1ccccn1. The first kappa shape index (κ1) is 22.0. The number of halogens is 1. The van der Waals surface area contributed by atoms with Crippen LogP contribution in [-0.4, -0.2) is 42.3 Å². The van der Waals surface area contributed by atoms with Crippen molar-refractivity contribution in [3.63, 3.8) is 0 Å². The molecule has 1 aromatic heterocycles. The van der Waals surface area contributed by atoms with Crippen LogP contribution in [0.25, 0.3) is 0 Å². The first-order valence-corrected chi connectivity index (χ1v) is 9.08. The third-order valence-electron chi connectivity index (χ3n) is 2.40. The molecule has 0 unspecified atom stereocenters. The van der Waals surface area contributed by atoms with Crippen LogP contribution in [0.2, 0.25) is 0 Å². The molecule has 10 heteroatoms. The highest BCUT2D eigenvalue weighted by atomic mass is 35.5. The molecular formula is C13H21ClN4O3S2. The normalized spacial score (nSPS) is 9.78. The Kier molecular flexibility index (Phi) is 13.9. The van der Waals surface area contributed by atoms with Crippen molar-refractivity contribution >= 4 is 45.8 Å². The van der Waals surface area contributed by atoms with Crippen LogP contribution in [0.1, 0.15) is 12.8 Å². The predicted octanol–water partition coefficient (Wildman–Crippen LogP) is 1.15. The minimum Gasteiger partial charge on any atom is -0.379 e. The molecule has 23 heavy (non-hydrogen) atoms. The van der Waals surface area contributed by atoms with Gasteiger partial charge < -0.3 is 10.1 Å². The lowest BCUT2D eigenvalue weighted by atomic mass is 10.4. The fourth-order valence-corrected chi connectivity index (χ4v) is 3.19. The van der Waals surface area contributed by atoms with Crippen molar-refractivity contribution < 1.29 is 14.3 Å². The number of hydrazine groups is 1. The lowest BCUT2D eigenvalue weighted by molar-refractivity contribution is -0.123. The maximum Gasteiger partial charge on any atom is 0.236 e. The van der Waals surface area contributed by atoms with Gasteiger partial charge in [0.2, 0.25) is 11.8 Å². The van der Waals surface area contributed by atoms with Gasteiger partial charge >= 0.3 is 0 Å². The van der Waals surface area contributed by atoms with Crippen LogP contribution >= 0.6 is 34.0 Å². The van der Waals surface area contributed by atoms with E-state index >= 15 is 0 Å². The van der Waals surface area contributed by atoms with E-state index in [0.717, 1.165) is 5.03 Å². The number of amides is 2. The zero-order valence-corrected chi connectivity index (χ0v) is 15.0. The van der Waals surface area contributed by atoms with Crippen molar-refractivity contribution in [1.82, 2.24) is 15.7 Å². The Morgan fingerprint density at radius 2 is 2.04 bits per heavy atom. The number of nitrogens with zero attached hydrogens (tertiary/aromatic N) is 1. The Balaban J connectivity index is 0.00000484. The zero-order valence-electron chi connectivity index (χ0n) is 12.5. The summed E-state index contributed by atoms with van der Waals surface area (Å²) in [5.41, 5.74) is 2.02. The van der Waals surface area contributed by atoms with E-state index in [1.165, 1.54) is 0 Å². The first-order chi connectivity index (χ1) is 10.7. The number of nitrogens with two attached hydrogens (primary N) is 1. The fraction of sp³-hybridized carbons (Fsp3) is 0.462. The highest BCUT2D eigenvalue weighted by molar-refractivity contribution is 8.76. The molecule has 0 bridgehead atoms. The van der Waals surface area contributed by atoms with E-state index < -0.39 is 0 Å². The van der Waals surface area contributed by atoms with Gasteiger partial charge in [0.1, 0.15) is 5.03 Å². The Bertz CT molecular complexity index is 454. The minimum atomic E-state index is -0.272. The highest BCUT2D eigenvalue weighted by Crippen LogP contribution is 2.29. The standard InChI is InChI=1S/C13H20N4O3S2.ClH/c14-17-12(19)4-8-20-9-7-15-11(18)5-10-21-22-13-3-1-2-6-16-13;/h1-3,6H,4-5,7-10,14H2,(H,15,18)(H,17,19);1H. The summed E-state index contributed by atoms with van der Waals surface area (Å²) in [6.07, 6.45) is 2.40. The third-order valence-corrected chi connectivity index (χ3v) is 4.66. The Hall–Kier alpha value is -1.00. The molecule has 0 aromatic carbocycles. The van der Waals surface area contributed by atoms with Crippen LogP contribution in [0, 0.1) is 0 Å². The highest BCUT2D eigenvalue weighted by Gasteiger charge is 2.02. The van der Waals surface area contributed by atoms with E-state index in [-0.39, 0.29) is 37.2 Å². The van der Waals surface area contributed by atoms with Crippen molar-refractivity contribution in [3.8, 4) is 0 Å². The van der Waals surface area contributed by atoms with Gasteiger partial charge in [-0.15, -0.1) is 12.4 Å². The quantitative estimate of drug-likeness (QED) is 0.174. The first-order valence-electron chi connectivity index (χ1n) is 6.76. The average Bonchev–Trinajstić information content (AvgIpc) is 2.55. The smallest absolute Gasteiger partial charge is 0.236 e. The molecule has 1 aromatic rings. The lowest BCUT2D eigenvalue weighted by Crippen LogP contribution is -2.31. The van der Waals surface area contributed by atoms with E-state index in [0.29, 0.717) is 25.3 Å². The summed E-state index contributed by atoms with van der Waals surface area (Å²) in [6.45, 7) is 1.09. The second kappa shape index (κ2) is 14.6. The molecule has 0 aliphatic rings. The number of aromatic nitrogens is 1. The Labute approximate surface area is 149 Å². The number of rotatable bonds is 11. The van der Waals surface area contributed by atoms with Crippen LogP contribution in [0.15, 0.2) is 29.4 Å².